The zero-order chi connectivity index (χ0) is 19.7. The Morgan fingerprint density at radius 1 is 1.04 bits per heavy atom. The lowest BCUT2D eigenvalue weighted by Gasteiger charge is -2.17. The maximum absolute atomic E-state index is 12.4. The van der Waals surface area contributed by atoms with Crippen molar-refractivity contribution in [3.63, 3.8) is 0 Å². The molecule has 0 radical (unpaired) electrons. The van der Waals surface area contributed by atoms with E-state index in [0.717, 1.165) is 17.3 Å². The Morgan fingerprint density at radius 2 is 1.75 bits per heavy atom. The molecule has 1 N–H and O–H groups in total. The molecule has 1 aliphatic heterocycles. The molecule has 28 heavy (non-hydrogen) atoms. The molecule has 1 saturated carbocycles. The van der Waals surface area contributed by atoms with Crippen molar-refractivity contribution in [2.75, 3.05) is 13.1 Å². The van der Waals surface area contributed by atoms with Crippen molar-refractivity contribution in [2.24, 2.45) is 0 Å². The van der Waals surface area contributed by atoms with Crippen LogP contribution in [0.25, 0.3) is 0 Å². The van der Waals surface area contributed by atoms with E-state index in [-0.39, 0.29) is 29.7 Å². The van der Waals surface area contributed by atoms with E-state index in [9.17, 15) is 14.4 Å². The summed E-state index contributed by atoms with van der Waals surface area (Å²) in [5, 5.41) is 3.02. The van der Waals surface area contributed by atoms with Crippen LogP contribution in [0.3, 0.4) is 0 Å². The first kappa shape index (κ1) is 18.9. The molecular formula is C22H21BrN2O3. The first-order valence-corrected chi connectivity index (χ1v) is 10.3. The number of carbonyl (C=O) groups excluding carboxylic acids is 3. The number of fused-ring (bicyclic) bond motifs is 1. The summed E-state index contributed by atoms with van der Waals surface area (Å²) in [7, 11) is 0. The number of carbonyl (C=O) groups is 3. The highest BCUT2D eigenvalue weighted by Crippen LogP contribution is 2.47. The topological polar surface area (TPSA) is 66.5 Å². The zero-order valence-electron chi connectivity index (χ0n) is 15.4. The summed E-state index contributed by atoms with van der Waals surface area (Å²) in [6.45, 7) is 0.887. The van der Waals surface area contributed by atoms with Gasteiger partial charge in [-0.05, 0) is 43.0 Å². The van der Waals surface area contributed by atoms with Crippen LogP contribution in [-0.2, 0) is 10.2 Å². The van der Waals surface area contributed by atoms with Crippen LogP contribution >= 0.6 is 15.9 Å². The van der Waals surface area contributed by atoms with E-state index < -0.39 is 0 Å². The summed E-state index contributed by atoms with van der Waals surface area (Å²) in [6, 6.07) is 15.3. The van der Waals surface area contributed by atoms with Crippen LogP contribution in [0.4, 0.5) is 0 Å². The van der Waals surface area contributed by atoms with Gasteiger partial charge in [-0.25, -0.2) is 0 Å². The largest absolute Gasteiger partial charge is 0.355 e. The van der Waals surface area contributed by atoms with Gasteiger partial charge in [-0.2, -0.15) is 0 Å². The van der Waals surface area contributed by atoms with E-state index in [0.29, 0.717) is 30.5 Å². The Bertz CT molecular complexity index is 938. The number of hydrogen-bond acceptors (Lipinski definition) is 3. The summed E-state index contributed by atoms with van der Waals surface area (Å²) in [4.78, 5) is 38.3. The summed E-state index contributed by atoms with van der Waals surface area (Å²) in [6.07, 6.45) is 2.92. The van der Waals surface area contributed by atoms with E-state index in [1.807, 2.05) is 18.2 Å². The van der Waals surface area contributed by atoms with Crippen LogP contribution < -0.4 is 5.32 Å². The van der Waals surface area contributed by atoms with Crippen LogP contribution in [0, 0.1) is 0 Å². The molecule has 0 atom stereocenters. The van der Waals surface area contributed by atoms with Gasteiger partial charge in [0.2, 0.25) is 5.91 Å². The van der Waals surface area contributed by atoms with Gasteiger partial charge in [-0.1, -0.05) is 46.3 Å². The third-order valence-corrected chi connectivity index (χ3v) is 6.08. The summed E-state index contributed by atoms with van der Waals surface area (Å²) in [5.41, 5.74) is 2.19. The SMILES string of the molecule is O=C(CCCN1C(=O)c2ccc(Br)cc2C1=O)NCC1(c2ccccc2)CC1. The van der Waals surface area contributed by atoms with Crippen LogP contribution in [-0.4, -0.2) is 35.7 Å². The lowest BCUT2D eigenvalue weighted by molar-refractivity contribution is -0.121. The molecule has 1 aliphatic carbocycles. The lowest BCUT2D eigenvalue weighted by Crippen LogP contribution is -2.34. The molecule has 0 spiro atoms. The zero-order valence-corrected chi connectivity index (χ0v) is 17.0. The number of hydrogen-bond donors (Lipinski definition) is 1. The van der Waals surface area contributed by atoms with E-state index in [1.54, 1.807) is 18.2 Å². The molecule has 1 fully saturated rings. The number of halogens is 1. The van der Waals surface area contributed by atoms with E-state index in [2.05, 4.69) is 33.4 Å². The number of benzene rings is 2. The van der Waals surface area contributed by atoms with Crippen molar-refractivity contribution in [3.05, 3.63) is 69.7 Å². The van der Waals surface area contributed by atoms with E-state index >= 15 is 0 Å². The fourth-order valence-corrected chi connectivity index (χ4v) is 4.09. The molecule has 0 bridgehead atoms. The maximum atomic E-state index is 12.4. The Morgan fingerprint density at radius 3 is 2.46 bits per heavy atom. The highest BCUT2D eigenvalue weighted by molar-refractivity contribution is 9.10. The fourth-order valence-electron chi connectivity index (χ4n) is 3.73. The van der Waals surface area contributed by atoms with Gasteiger partial charge in [-0.15, -0.1) is 0 Å². The lowest BCUT2D eigenvalue weighted by atomic mass is 9.96. The highest BCUT2D eigenvalue weighted by Gasteiger charge is 2.44. The Hall–Kier alpha value is -2.47. The summed E-state index contributed by atoms with van der Waals surface area (Å²) in [5.74, 6) is -0.613. The molecule has 4 rings (SSSR count). The number of rotatable bonds is 7. The molecule has 5 nitrogen and oxygen atoms in total. The van der Waals surface area contributed by atoms with E-state index in [4.69, 9.17) is 0 Å². The molecular weight excluding hydrogens is 420 g/mol. The van der Waals surface area contributed by atoms with Crippen molar-refractivity contribution in [1.82, 2.24) is 10.2 Å². The van der Waals surface area contributed by atoms with Crippen molar-refractivity contribution in [1.29, 1.82) is 0 Å². The predicted molar refractivity (Wildman–Crippen MR) is 109 cm³/mol. The molecule has 0 unspecified atom stereocenters. The van der Waals surface area contributed by atoms with Crippen LogP contribution in [0.15, 0.2) is 53.0 Å². The van der Waals surface area contributed by atoms with Gasteiger partial charge in [0.25, 0.3) is 11.8 Å². The molecule has 2 aliphatic rings. The molecule has 0 saturated heterocycles. The average Bonchev–Trinajstić information content (AvgIpc) is 3.46. The predicted octanol–water partition coefficient (Wildman–Crippen LogP) is 3.67. The minimum absolute atomic E-state index is 0.0402. The van der Waals surface area contributed by atoms with Crippen molar-refractivity contribution in [2.45, 2.75) is 31.1 Å². The second kappa shape index (κ2) is 7.51. The van der Waals surface area contributed by atoms with Gasteiger partial charge in [0, 0.05) is 29.4 Å². The highest BCUT2D eigenvalue weighted by atomic mass is 79.9. The van der Waals surface area contributed by atoms with Gasteiger partial charge < -0.3 is 5.32 Å². The first-order valence-electron chi connectivity index (χ1n) is 9.48. The van der Waals surface area contributed by atoms with Crippen LogP contribution in [0.2, 0.25) is 0 Å². The second-order valence-corrected chi connectivity index (χ2v) is 8.39. The van der Waals surface area contributed by atoms with Crippen molar-refractivity contribution in [3.8, 4) is 0 Å². The molecule has 2 aromatic rings. The minimum atomic E-state index is -0.289. The Labute approximate surface area is 172 Å². The number of nitrogens with zero attached hydrogens (tertiary/aromatic N) is 1. The smallest absolute Gasteiger partial charge is 0.261 e. The monoisotopic (exact) mass is 440 g/mol. The first-order chi connectivity index (χ1) is 13.5. The quantitative estimate of drug-likeness (QED) is 0.667. The second-order valence-electron chi connectivity index (χ2n) is 7.48. The minimum Gasteiger partial charge on any atom is -0.355 e. The summed E-state index contributed by atoms with van der Waals surface area (Å²) < 4.78 is 0.765. The van der Waals surface area contributed by atoms with Crippen LogP contribution in [0.1, 0.15) is 52.0 Å². The van der Waals surface area contributed by atoms with Crippen molar-refractivity contribution < 1.29 is 14.4 Å². The van der Waals surface area contributed by atoms with Gasteiger partial charge in [0.1, 0.15) is 0 Å². The summed E-state index contributed by atoms with van der Waals surface area (Å²) >= 11 is 3.32. The molecule has 0 aromatic heterocycles. The van der Waals surface area contributed by atoms with Gasteiger partial charge >= 0.3 is 0 Å². The molecule has 6 heteroatoms. The third-order valence-electron chi connectivity index (χ3n) is 5.58. The number of nitrogens with one attached hydrogen (secondary N) is 1. The molecule has 1 heterocycles. The average molecular weight is 441 g/mol. The van der Waals surface area contributed by atoms with Gasteiger partial charge in [0.15, 0.2) is 0 Å². The maximum Gasteiger partial charge on any atom is 0.261 e. The molecule has 144 valence electrons. The van der Waals surface area contributed by atoms with Gasteiger partial charge in [0.05, 0.1) is 11.1 Å². The van der Waals surface area contributed by atoms with Crippen LogP contribution in [0.5, 0.6) is 0 Å². The Kier molecular flexibility index (Phi) is 5.06. The van der Waals surface area contributed by atoms with Gasteiger partial charge in [-0.3, -0.25) is 19.3 Å². The number of imide groups is 1. The normalized spacial score (nSPS) is 16.8. The van der Waals surface area contributed by atoms with Crippen molar-refractivity contribution >= 4 is 33.7 Å². The van der Waals surface area contributed by atoms with E-state index in [1.165, 1.54) is 10.5 Å². The number of amides is 3. The Balaban J connectivity index is 1.26. The fraction of sp³-hybridized carbons (Fsp3) is 0.318. The molecule has 3 amide bonds. The molecule has 2 aromatic carbocycles. The third kappa shape index (κ3) is 3.61. The standard InChI is InChI=1S/C22H21BrN2O3/c23-16-8-9-17-18(13-16)21(28)25(20(17)27)12-4-7-19(26)24-14-22(10-11-22)15-5-2-1-3-6-15/h1-3,5-6,8-9,13H,4,7,10-12,14H2,(H,24,26).